The van der Waals surface area contributed by atoms with Crippen LogP contribution in [-0.4, -0.2) is 38.2 Å². The van der Waals surface area contributed by atoms with E-state index in [0.29, 0.717) is 33.9 Å². The molecule has 1 aliphatic carbocycles. The molecule has 1 fully saturated rings. The molecule has 4 aromatic rings. The predicted molar refractivity (Wildman–Crippen MR) is 133 cm³/mol. The number of anilines is 1. The van der Waals surface area contributed by atoms with Crippen molar-refractivity contribution < 1.29 is 0 Å². The van der Waals surface area contributed by atoms with Gasteiger partial charge < -0.3 is 10.6 Å². The van der Waals surface area contributed by atoms with Gasteiger partial charge in [-0.05, 0) is 54.9 Å². The van der Waals surface area contributed by atoms with E-state index in [4.69, 9.17) is 5.73 Å². The quantitative estimate of drug-likeness (QED) is 0.438. The first-order valence-corrected chi connectivity index (χ1v) is 11.7. The van der Waals surface area contributed by atoms with Crippen molar-refractivity contribution in [3.8, 4) is 0 Å². The van der Waals surface area contributed by atoms with E-state index in [9.17, 15) is 4.79 Å². The molecule has 8 nitrogen and oxygen atoms in total. The van der Waals surface area contributed by atoms with Crippen molar-refractivity contribution in [1.82, 2.24) is 25.1 Å². The summed E-state index contributed by atoms with van der Waals surface area (Å²) in [6, 6.07) is 14.3. The van der Waals surface area contributed by atoms with Crippen molar-refractivity contribution in [3.05, 3.63) is 87.6 Å². The minimum atomic E-state index is -0.234. The van der Waals surface area contributed by atoms with E-state index >= 15 is 0 Å². The number of nitrogens with zero attached hydrogens (tertiary/aromatic N) is 4. The summed E-state index contributed by atoms with van der Waals surface area (Å²) < 4.78 is 0. The van der Waals surface area contributed by atoms with Crippen LogP contribution in [0.3, 0.4) is 0 Å². The van der Waals surface area contributed by atoms with Crippen molar-refractivity contribution in [3.63, 3.8) is 0 Å². The number of benzene rings is 1. The minimum absolute atomic E-state index is 0.0514. The number of nitrogens with one attached hydrogen (secondary N) is 2. The van der Waals surface area contributed by atoms with Crippen molar-refractivity contribution in [1.29, 1.82) is 0 Å². The number of pyridine rings is 1. The number of aromatic amines is 2. The van der Waals surface area contributed by atoms with Crippen LogP contribution in [0.25, 0.3) is 16.6 Å². The Bertz CT molecular complexity index is 1480. The van der Waals surface area contributed by atoms with Gasteiger partial charge in [0.05, 0.1) is 11.4 Å². The first-order chi connectivity index (χ1) is 16.4. The second-order valence-corrected chi connectivity index (χ2v) is 9.53. The highest BCUT2D eigenvalue weighted by molar-refractivity contribution is 5.91. The largest absolute Gasteiger partial charge is 0.342 e. The summed E-state index contributed by atoms with van der Waals surface area (Å²) in [5.41, 5.74) is 12.3. The molecule has 1 saturated heterocycles. The van der Waals surface area contributed by atoms with Gasteiger partial charge in [-0.3, -0.25) is 19.9 Å². The number of hydrogen-bond donors (Lipinski definition) is 3. The fraction of sp³-hybridized carbons (Fsp3) is 0.308. The third-order valence-electron chi connectivity index (χ3n) is 7.56. The van der Waals surface area contributed by atoms with Crippen LogP contribution < -0.4 is 16.2 Å². The van der Waals surface area contributed by atoms with Gasteiger partial charge in [-0.1, -0.05) is 36.9 Å². The predicted octanol–water partition coefficient (Wildman–Crippen LogP) is 3.25. The van der Waals surface area contributed by atoms with Gasteiger partial charge in [-0.25, -0.2) is 0 Å². The van der Waals surface area contributed by atoms with Crippen LogP contribution in [0.4, 0.5) is 5.95 Å². The Morgan fingerprint density at radius 2 is 1.94 bits per heavy atom. The summed E-state index contributed by atoms with van der Waals surface area (Å²) in [5, 5.41) is 7.68. The molecule has 0 saturated carbocycles. The van der Waals surface area contributed by atoms with Gasteiger partial charge in [0.2, 0.25) is 5.95 Å². The molecule has 2 aliphatic rings. The fourth-order valence-corrected chi connectivity index (χ4v) is 5.60. The molecular weight excluding hydrogens is 426 g/mol. The van der Waals surface area contributed by atoms with Crippen LogP contribution in [0.2, 0.25) is 0 Å². The van der Waals surface area contributed by atoms with Crippen LogP contribution in [0.1, 0.15) is 47.1 Å². The maximum absolute atomic E-state index is 13.1. The summed E-state index contributed by atoms with van der Waals surface area (Å²) in [4.78, 5) is 27.4. The van der Waals surface area contributed by atoms with E-state index in [1.54, 1.807) is 0 Å². The van der Waals surface area contributed by atoms with Crippen LogP contribution in [0.5, 0.6) is 0 Å². The van der Waals surface area contributed by atoms with Gasteiger partial charge >= 0.3 is 0 Å². The van der Waals surface area contributed by atoms with Crippen LogP contribution in [0, 0.1) is 12.3 Å². The first-order valence-electron chi connectivity index (χ1n) is 11.7. The Morgan fingerprint density at radius 1 is 1.15 bits per heavy atom. The van der Waals surface area contributed by atoms with E-state index < -0.39 is 0 Å². The van der Waals surface area contributed by atoms with Gasteiger partial charge in [0.25, 0.3) is 5.56 Å². The summed E-state index contributed by atoms with van der Waals surface area (Å²) in [5.74, 6) is 0.550. The van der Waals surface area contributed by atoms with E-state index in [1.807, 2.05) is 25.1 Å². The molecule has 6 rings (SSSR count). The van der Waals surface area contributed by atoms with Crippen molar-refractivity contribution >= 4 is 22.6 Å². The Hall–Kier alpha value is -3.78. The Balaban J connectivity index is 1.26. The normalized spacial score (nSPS) is 19.0. The number of fused-ring (bicyclic) bond motifs is 2. The van der Waals surface area contributed by atoms with Crippen molar-refractivity contribution in [2.24, 2.45) is 11.1 Å². The van der Waals surface area contributed by atoms with Gasteiger partial charge in [-0.15, -0.1) is 0 Å². The smallest absolute Gasteiger partial charge is 0.264 e. The topological polar surface area (TPSA) is 117 Å². The number of piperidine rings is 1. The zero-order valence-corrected chi connectivity index (χ0v) is 19.1. The van der Waals surface area contributed by atoms with E-state index in [2.05, 4.69) is 60.9 Å². The molecule has 8 heteroatoms. The number of aromatic nitrogens is 5. The summed E-state index contributed by atoms with van der Waals surface area (Å²) >= 11 is 0. The number of H-pyrrole nitrogens is 2. The van der Waals surface area contributed by atoms with Gasteiger partial charge in [0.15, 0.2) is 5.65 Å². The average Bonchev–Trinajstić information content (AvgIpc) is 3.39. The molecule has 0 unspecified atom stereocenters. The molecule has 0 amide bonds. The van der Waals surface area contributed by atoms with Crippen LogP contribution >= 0.6 is 0 Å². The lowest BCUT2D eigenvalue weighted by atomic mass is 9.73. The van der Waals surface area contributed by atoms with Crippen molar-refractivity contribution in [2.45, 2.75) is 32.2 Å². The molecule has 0 bridgehead atoms. The number of nitrogens with two attached hydrogens (primary N) is 1. The molecule has 172 valence electrons. The molecule has 4 heterocycles. The van der Waals surface area contributed by atoms with Gasteiger partial charge in [-0.2, -0.15) is 10.1 Å². The van der Waals surface area contributed by atoms with Crippen LogP contribution in [0.15, 0.2) is 53.8 Å². The molecule has 1 aliphatic heterocycles. The highest BCUT2D eigenvalue weighted by atomic mass is 16.1. The maximum Gasteiger partial charge on any atom is 0.264 e. The molecule has 0 radical (unpaired) electrons. The molecule has 1 aromatic carbocycles. The molecule has 1 spiro atoms. The van der Waals surface area contributed by atoms with Gasteiger partial charge in [0, 0.05) is 30.4 Å². The number of rotatable bonds is 3. The minimum Gasteiger partial charge on any atom is -0.342 e. The molecule has 3 aromatic heterocycles. The lowest BCUT2D eigenvalue weighted by Crippen LogP contribution is -2.45. The van der Waals surface area contributed by atoms with E-state index in [0.717, 1.165) is 38.0 Å². The summed E-state index contributed by atoms with van der Waals surface area (Å²) in [6.07, 6.45) is 2.91. The van der Waals surface area contributed by atoms with E-state index in [-0.39, 0.29) is 17.0 Å². The number of aryl methyl sites for hydroxylation is 1. The lowest BCUT2D eigenvalue weighted by Gasteiger charge is -2.42. The Morgan fingerprint density at radius 3 is 2.71 bits per heavy atom. The standard InChI is InChI=1S/C26H27N7O/c1-15-6-5-9-19(28-15)16(2)21-20-23(32-31-21)29-25(30-24(20)34)33-12-10-26(11-13-33)14-17-7-3-4-8-18(17)22(26)27/h3-9,22H,2,10-14,27H2,1H3,(H2,29,30,31,32,34)/t22-/m1/s1. The average molecular weight is 454 g/mol. The van der Waals surface area contributed by atoms with Crippen LogP contribution in [-0.2, 0) is 6.42 Å². The van der Waals surface area contributed by atoms with E-state index in [1.165, 1.54) is 11.1 Å². The monoisotopic (exact) mass is 453 g/mol. The Kier molecular flexibility index (Phi) is 4.67. The third kappa shape index (κ3) is 3.17. The zero-order valence-electron chi connectivity index (χ0n) is 19.1. The Labute approximate surface area is 196 Å². The molecule has 4 N–H and O–H groups in total. The summed E-state index contributed by atoms with van der Waals surface area (Å²) in [7, 11) is 0. The summed E-state index contributed by atoms with van der Waals surface area (Å²) in [6.45, 7) is 7.63. The first kappa shape index (κ1) is 20.8. The van der Waals surface area contributed by atoms with Gasteiger partial charge in [0.1, 0.15) is 5.39 Å². The second kappa shape index (κ2) is 7.63. The highest BCUT2D eigenvalue weighted by Crippen LogP contribution is 2.50. The molecular formula is C26H27N7O. The molecule has 1 atom stereocenters. The second-order valence-electron chi connectivity index (χ2n) is 9.53. The highest BCUT2D eigenvalue weighted by Gasteiger charge is 2.46. The zero-order chi connectivity index (χ0) is 23.4. The lowest BCUT2D eigenvalue weighted by molar-refractivity contribution is 0.187. The third-order valence-corrected chi connectivity index (χ3v) is 7.56. The fourth-order valence-electron chi connectivity index (χ4n) is 5.60. The SMILES string of the molecule is C=C(c1cccc(C)n1)c1[nH]nc2nc(N3CCC4(CC3)Cc3ccccc3[C@H]4N)[nH]c(=O)c12. The maximum atomic E-state index is 13.1. The van der Waals surface area contributed by atoms with Crippen molar-refractivity contribution in [2.75, 3.05) is 18.0 Å². The number of hydrogen-bond acceptors (Lipinski definition) is 6. The molecule has 34 heavy (non-hydrogen) atoms.